The van der Waals surface area contributed by atoms with Gasteiger partial charge >= 0.3 is 23.1 Å². The number of hydrogen-bond acceptors (Lipinski definition) is 1. The van der Waals surface area contributed by atoms with Gasteiger partial charge in [-0.05, 0) is 26.8 Å². The average Bonchev–Trinajstić information content (AvgIpc) is 1.84. The van der Waals surface area contributed by atoms with Crippen LogP contribution in [0.4, 0.5) is 0 Å². The molecule has 0 rings (SSSR count). The Kier molecular flexibility index (Phi) is 15.3. The topological polar surface area (TPSA) is 9.23 Å². The Labute approximate surface area is 112 Å². The van der Waals surface area contributed by atoms with Crippen molar-refractivity contribution in [1.82, 2.24) is 0 Å². The summed E-state index contributed by atoms with van der Waals surface area (Å²) in [5, 5.41) is 0. The summed E-state index contributed by atoms with van der Waals surface area (Å²) in [6, 6.07) is 2.45. The third kappa shape index (κ3) is 13.4. The molecule has 0 spiro atoms. The molecule has 0 saturated carbocycles. The second-order valence-corrected chi connectivity index (χ2v) is 6.78. The zero-order valence-corrected chi connectivity index (χ0v) is 13.6. The fourth-order valence-electron chi connectivity index (χ4n) is 1.07. The third-order valence-corrected chi connectivity index (χ3v) is 4.50. The summed E-state index contributed by atoms with van der Waals surface area (Å²) in [5.41, 5.74) is 0.0576. The van der Waals surface area contributed by atoms with Gasteiger partial charge < -0.3 is 28.3 Å². The summed E-state index contributed by atoms with van der Waals surface area (Å²) in [7, 11) is -0.900. The van der Waals surface area contributed by atoms with E-state index in [-0.39, 0.29) is 45.6 Å². The number of hydrogen-bond donors (Lipinski definition) is 0. The standard InChI is InChI=1S/C9H21OSi.BrH.Mg/c1-6-8-11(7-2)10-9(3,4)5;;/h11H,1,6-8H2,2-5H3;1H;/q-1;;+2/p-1. The predicted molar refractivity (Wildman–Crippen MR) is 59.0 cm³/mol. The van der Waals surface area contributed by atoms with E-state index < -0.39 is 9.04 Å². The molecule has 0 aliphatic rings. The second-order valence-electron chi connectivity index (χ2n) is 3.90. The van der Waals surface area contributed by atoms with E-state index in [1.54, 1.807) is 0 Å². The quantitative estimate of drug-likeness (QED) is 0.492. The van der Waals surface area contributed by atoms with Gasteiger partial charge in [0.25, 0.3) is 0 Å². The van der Waals surface area contributed by atoms with Crippen molar-refractivity contribution in [3.05, 3.63) is 6.92 Å². The molecule has 0 aliphatic carbocycles. The van der Waals surface area contributed by atoms with E-state index in [2.05, 4.69) is 34.6 Å². The van der Waals surface area contributed by atoms with Crippen molar-refractivity contribution < 1.29 is 21.4 Å². The van der Waals surface area contributed by atoms with Crippen molar-refractivity contribution in [2.24, 2.45) is 0 Å². The number of rotatable bonds is 4. The zero-order valence-electron chi connectivity index (χ0n) is 9.40. The average molecular weight is 278 g/mol. The van der Waals surface area contributed by atoms with Crippen LogP contribution in [0, 0.1) is 6.92 Å². The van der Waals surface area contributed by atoms with Gasteiger partial charge in [0.05, 0.1) is 0 Å². The Bertz CT molecular complexity index is 106. The fraction of sp³-hybridized carbons (Fsp3) is 0.889. The molecule has 0 fully saturated rings. The fourth-order valence-corrected chi connectivity index (χ4v) is 3.22. The van der Waals surface area contributed by atoms with Gasteiger partial charge in [0.2, 0.25) is 0 Å². The normalized spacial score (nSPS) is 12.7. The van der Waals surface area contributed by atoms with Crippen LogP contribution in [0.5, 0.6) is 0 Å². The summed E-state index contributed by atoms with van der Waals surface area (Å²) >= 11 is 0. The van der Waals surface area contributed by atoms with E-state index in [0.717, 1.165) is 6.42 Å². The van der Waals surface area contributed by atoms with Crippen LogP contribution < -0.4 is 17.0 Å². The first-order valence-electron chi connectivity index (χ1n) is 4.46. The van der Waals surface area contributed by atoms with Crippen molar-refractivity contribution >= 4 is 32.1 Å². The van der Waals surface area contributed by atoms with E-state index in [1.165, 1.54) is 12.1 Å². The van der Waals surface area contributed by atoms with Crippen LogP contribution in [0.2, 0.25) is 12.1 Å². The van der Waals surface area contributed by atoms with Crippen molar-refractivity contribution in [2.45, 2.75) is 51.8 Å². The van der Waals surface area contributed by atoms with Gasteiger partial charge in [-0.3, -0.25) is 0 Å². The maximum Gasteiger partial charge on any atom is 2.00 e. The van der Waals surface area contributed by atoms with Crippen molar-refractivity contribution in [3.8, 4) is 0 Å². The minimum atomic E-state index is -0.900. The SMILES string of the molecule is [Br-].[CH2-]CC[SiH](CC)OC(C)(C)C.[Mg+2]. The van der Waals surface area contributed by atoms with Gasteiger partial charge in [-0.1, -0.05) is 13.0 Å². The Balaban J connectivity index is -0.000000500. The monoisotopic (exact) mass is 276 g/mol. The summed E-state index contributed by atoms with van der Waals surface area (Å²) in [4.78, 5) is 0. The molecule has 0 N–H and O–H groups in total. The maximum atomic E-state index is 5.93. The maximum absolute atomic E-state index is 5.93. The minimum Gasteiger partial charge on any atom is -1.00 e. The van der Waals surface area contributed by atoms with Crippen LogP contribution >= 0.6 is 0 Å². The van der Waals surface area contributed by atoms with Gasteiger partial charge in [-0.15, -0.1) is 0 Å². The first-order valence-corrected chi connectivity index (χ1v) is 6.57. The third-order valence-electron chi connectivity index (χ3n) is 1.50. The van der Waals surface area contributed by atoms with Crippen LogP contribution in [-0.2, 0) is 4.43 Å². The molecule has 0 radical (unpaired) electrons. The molecule has 13 heavy (non-hydrogen) atoms. The summed E-state index contributed by atoms with van der Waals surface area (Å²) in [6.07, 6.45) is 1.03. The molecule has 0 aromatic carbocycles. The molecule has 1 atom stereocenters. The molecule has 0 aromatic rings. The molecular weight excluding hydrogens is 256 g/mol. The molecule has 0 aromatic heterocycles. The summed E-state index contributed by atoms with van der Waals surface area (Å²) in [5.74, 6) is 0. The van der Waals surface area contributed by atoms with Gasteiger partial charge in [-0.25, -0.2) is 0 Å². The summed E-state index contributed by atoms with van der Waals surface area (Å²) < 4.78 is 5.93. The first-order chi connectivity index (χ1) is 4.99. The van der Waals surface area contributed by atoms with Crippen LogP contribution in [0.1, 0.15) is 34.1 Å². The Morgan fingerprint density at radius 3 is 2.00 bits per heavy atom. The second kappa shape index (κ2) is 9.96. The van der Waals surface area contributed by atoms with E-state index in [1.807, 2.05) is 0 Å². The van der Waals surface area contributed by atoms with E-state index in [0.29, 0.717) is 0 Å². The molecular formula is C9H21BrMgOSi. The van der Waals surface area contributed by atoms with Gasteiger partial charge in [0.15, 0.2) is 9.04 Å². The van der Waals surface area contributed by atoms with Crippen molar-refractivity contribution in [1.29, 1.82) is 0 Å². The molecule has 76 valence electrons. The molecule has 0 amide bonds. The Morgan fingerprint density at radius 2 is 1.77 bits per heavy atom. The first kappa shape index (κ1) is 19.9. The predicted octanol–water partition coefficient (Wildman–Crippen LogP) is -0.607. The van der Waals surface area contributed by atoms with E-state index in [4.69, 9.17) is 4.43 Å². The van der Waals surface area contributed by atoms with Crippen molar-refractivity contribution in [2.75, 3.05) is 0 Å². The van der Waals surface area contributed by atoms with Crippen molar-refractivity contribution in [3.63, 3.8) is 0 Å². The number of halogens is 1. The largest absolute Gasteiger partial charge is 2.00 e. The van der Waals surface area contributed by atoms with Crippen LogP contribution in [-0.4, -0.2) is 37.7 Å². The van der Waals surface area contributed by atoms with Gasteiger partial charge in [0.1, 0.15) is 0 Å². The molecule has 1 unspecified atom stereocenters. The van der Waals surface area contributed by atoms with Gasteiger partial charge in [-0.2, -0.15) is 6.42 Å². The van der Waals surface area contributed by atoms with Gasteiger partial charge in [0, 0.05) is 5.60 Å². The summed E-state index contributed by atoms with van der Waals surface area (Å²) in [6.45, 7) is 12.5. The molecule has 1 nitrogen and oxygen atoms in total. The Morgan fingerprint density at radius 1 is 1.31 bits per heavy atom. The van der Waals surface area contributed by atoms with E-state index >= 15 is 0 Å². The van der Waals surface area contributed by atoms with E-state index in [9.17, 15) is 0 Å². The molecule has 0 heterocycles. The van der Waals surface area contributed by atoms with Crippen LogP contribution in [0.3, 0.4) is 0 Å². The minimum absolute atomic E-state index is 0. The molecule has 4 heteroatoms. The van der Waals surface area contributed by atoms with Crippen LogP contribution in [0.15, 0.2) is 0 Å². The Hall–Kier alpha value is 1.42. The zero-order chi connectivity index (χ0) is 8.91. The smallest absolute Gasteiger partial charge is 1.00 e. The molecule has 0 bridgehead atoms. The van der Waals surface area contributed by atoms with Crippen LogP contribution in [0.25, 0.3) is 0 Å². The molecule has 0 aliphatic heterocycles. The molecule has 0 saturated heterocycles.